The minimum atomic E-state index is -0.957. The maximum Gasteiger partial charge on any atom is 0.318 e. The molecule has 2 heterocycles. The molecule has 0 saturated carbocycles. The number of rotatable bonds is 7. The lowest BCUT2D eigenvalue weighted by Gasteiger charge is -2.01. The third-order valence-corrected chi connectivity index (χ3v) is 4.00. The molecule has 0 radical (unpaired) electrons. The molecule has 0 aliphatic heterocycles. The smallest absolute Gasteiger partial charge is 0.318 e. The molecule has 2 aromatic heterocycles. The first-order valence-corrected chi connectivity index (χ1v) is 7.99. The second-order valence-electron chi connectivity index (χ2n) is 4.83. The summed E-state index contributed by atoms with van der Waals surface area (Å²) in [6.45, 7) is 0. The zero-order valence-electron chi connectivity index (χ0n) is 13.0. The number of aliphatic carboxylic acids is 1. The highest BCUT2D eigenvalue weighted by molar-refractivity contribution is 7.99. The molecule has 3 rings (SSSR count). The van der Waals surface area contributed by atoms with Gasteiger partial charge in [0.1, 0.15) is 0 Å². The number of H-pyrrole nitrogens is 2. The fourth-order valence-corrected chi connectivity index (χ4v) is 2.62. The molecule has 0 unspecified atom stereocenters. The van der Waals surface area contributed by atoms with Crippen molar-refractivity contribution >= 4 is 23.4 Å². The van der Waals surface area contributed by atoms with Gasteiger partial charge in [-0.25, -0.2) is 9.82 Å². The van der Waals surface area contributed by atoms with E-state index >= 15 is 0 Å². The molecular weight excluding hydrogens is 348 g/mol. The number of thioether (sulfide) groups is 1. The number of carboxylic acids is 1. The van der Waals surface area contributed by atoms with E-state index in [-0.39, 0.29) is 11.4 Å². The zero-order valence-corrected chi connectivity index (χ0v) is 13.8. The van der Waals surface area contributed by atoms with Crippen LogP contribution in [0.2, 0.25) is 0 Å². The summed E-state index contributed by atoms with van der Waals surface area (Å²) in [5.41, 5.74) is 2.28. The van der Waals surface area contributed by atoms with Gasteiger partial charge in [0.05, 0.1) is 16.4 Å². The van der Waals surface area contributed by atoms with Crippen LogP contribution in [-0.2, 0) is 9.63 Å². The molecule has 0 fully saturated rings. The van der Waals surface area contributed by atoms with Crippen molar-refractivity contribution in [1.29, 1.82) is 0 Å². The number of hydrogen-bond donors (Lipinski definition) is 3. The Hall–Kier alpha value is -3.21. The van der Waals surface area contributed by atoms with Crippen molar-refractivity contribution in [2.45, 2.75) is 5.16 Å². The van der Waals surface area contributed by atoms with Crippen LogP contribution in [0.5, 0.6) is 0 Å². The lowest BCUT2D eigenvalue weighted by molar-refractivity contribution is -0.736. The van der Waals surface area contributed by atoms with Gasteiger partial charge < -0.3 is 5.11 Å². The first-order valence-electron chi connectivity index (χ1n) is 7.00. The monoisotopic (exact) mass is 361 g/mol. The Morgan fingerprint density at radius 3 is 2.80 bits per heavy atom. The number of carbonyl (C=O) groups is 1. The molecule has 3 N–H and O–H groups in total. The molecule has 0 aliphatic rings. The van der Waals surface area contributed by atoms with Crippen LogP contribution < -0.4 is 0 Å². The summed E-state index contributed by atoms with van der Waals surface area (Å²) < 4.78 is 0. The predicted molar refractivity (Wildman–Crippen MR) is 88.1 cm³/mol. The Kier molecular flexibility index (Phi) is 4.75. The second-order valence-corrected chi connectivity index (χ2v) is 5.77. The molecule has 1 aromatic carbocycles. The van der Waals surface area contributed by atoms with Crippen molar-refractivity contribution < 1.29 is 19.7 Å². The number of aromatic nitrogens is 5. The van der Waals surface area contributed by atoms with Crippen molar-refractivity contribution in [2.24, 2.45) is 0 Å². The van der Waals surface area contributed by atoms with Gasteiger partial charge in [-0.1, -0.05) is 11.8 Å². The van der Waals surface area contributed by atoms with E-state index in [1.807, 2.05) is 0 Å². The van der Waals surface area contributed by atoms with Gasteiger partial charge in [0.15, 0.2) is 12.9 Å². The number of benzene rings is 1. The van der Waals surface area contributed by atoms with Gasteiger partial charge >= 0.3 is 11.7 Å². The van der Waals surface area contributed by atoms with E-state index in [1.54, 1.807) is 30.5 Å². The average Bonchev–Trinajstić information content (AvgIpc) is 3.30. The van der Waals surface area contributed by atoms with Crippen LogP contribution in [0, 0.1) is 4.91 Å². The minimum absolute atomic E-state index is 0.144. The molecule has 0 bridgehead atoms. The topological polar surface area (TPSA) is 137 Å². The Balaban J connectivity index is 1.99. The van der Waals surface area contributed by atoms with Crippen LogP contribution in [0.15, 0.2) is 35.6 Å². The van der Waals surface area contributed by atoms with Crippen LogP contribution in [-0.4, -0.2) is 54.2 Å². The fourth-order valence-electron chi connectivity index (χ4n) is 2.10. The molecule has 128 valence electrons. The molecule has 10 nitrogen and oxygen atoms in total. The Labute approximate surface area is 145 Å². The third kappa shape index (κ3) is 3.83. The molecule has 3 aromatic rings. The molecule has 0 aliphatic carbocycles. The van der Waals surface area contributed by atoms with Crippen LogP contribution in [0.25, 0.3) is 22.6 Å². The fraction of sp³-hybridized carbons (Fsp3) is 0.143. The number of aromatic amines is 2. The van der Waals surface area contributed by atoms with Crippen LogP contribution in [0.3, 0.4) is 0 Å². The lowest BCUT2D eigenvalue weighted by atomic mass is 10.1. The average molecular weight is 361 g/mol. The Morgan fingerprint density at radius 2 is 2.12 bits per heavy atom. The second kappa shape index (κ2) is 7.13. The first kappa shape index (κ1) is 16.6. The minimum Gasteiger partial charge on any atom is -0.481 e. The summed E-state index contributed by atoms with van der Waals surface area (Å²) in [7, 11) is 1.27. The van der Waals surface area contributed by atoms with Crippen molar-refractivity contribution in [2.75, 3.05) is 12.9 Å². The lowest BCUT2D eigenvalue weighted by Crippen LogP contribution is -1.99. The maximum absolute atomic E-state index is 11.9. The van der Waals surface area contributed by atoms with Crippen LogP contribution in [0.1, 0.15) is 0 Å². The summed E-state index contributed by atoms with van der Waals surface area (Å²) >= 11 is 0.995. The third-order valence-electron chi connectivity index (χ3n) is 3.17. The van der Waals surface area contributed by atoms with E-state index in [4.69, 9.17) is 9.94 Å². The summed E-state index contributed by atoms with van der Waals surface area (Å²) in [5, 5.41) is 22.5. The Bertz CT molecular complexity index is 908. The van der Waals surface area contributed by atoms with E-state index in [2.05, 4.69) is 25.4 Å². The highest BCUT2D eigenvalue weighted by atomic mass is 32.2. The Morgan fingerprint density at radius 1 is 1.32 bits per heavy atom. The van der Waals surface area contributed by atoms with Gasteiger partial charge in [-0.3, -0.25) is 15.0 Å². The highest BCUT2D eigenvalue weighted by Gasteiger charge is 2.20. The van der Waals surface area contributed by atoms with Crippen molar-refractivity contribution in [3.8, 4) is 22.6 Å². The predicted octanol–water partition coefficient (Wildman–Crippen LogP) is 2.01. The van der Waals surface area contributed by atoms with Crippen LogP contribution in [0.4, 0.5) is 5.69 Å². The summed E-state index contributed by atoms with van der Waals surface area (Å²) in [4.78, 5) is 31.8. The van der Waals surface area contributed by atoms with Gasteiger partial charge in [-0.2, -0.15) is 5.10 Å². The van der Waals surface area contributed by atoms with Gasteiger partial charge in [0.25, 0.3) is 4.92 Å². The maximum atomic E-state index is 11.9. The van der Waals surface area contributed by atoms with E-state index in [1.165, 1.54) is 7.11 Å². The number of nitrogens with zero attached hydrogens (tertiary/aromatic N) is 4. The van der Waals surface area contributed by atoms with Gasteiger partial charge in [-0.15, -0.1) is 5.10 Å². The largest absolute Gasteiger partial charge is 0.481 e. The number of carboxylic acid groups (broad SMARTS) is 1. The molecule has 25 heavy (non-hydrogen) atoms. The molecule has 0 amide bonds. The number of hydrogen-bond acceptors (Lipinski definition) is 7. The van der Waals surface area contributed by atoms with Crippen molar-refractivity contribution in [3.63, 3.8) is 0 Å². The van der Waals surface area contributed by atoms with Crippen molar-refractivity contribution in [3.05, 3.63) is 35.4 Å². The van der Waals surface area contributed by atoms with Gasteiger partial charge in [0, 0.05) is 29.5 Å². The molecule has 0 atom stereocenters. The first-order chi connectivity index (χ1) is 12.1. The molecule has 0 spiro atoms. The van der Waals surface area contributed by atoms with Gasteiger partial charge in [0.2, 0.25) is 5.16 Å². The van der Waals surface area contributed by atoms with Gasteiger partial charge in [-0.05, 0) is 12.1 Å². The summed E-state index contributed by atoms with van der Waals surface area (Å²) in [6.07, 6.45) is 1.60. The molecule has 11 heteroatoms. The summed E-state index contributed by atoms with van der Waals surface area (Å²) in [5.74, 6) is -0.698. The van der Waals surface area contributed by atoms with E-state index in [9.17, 15) is 9.70 Å². The molecule has 0 saturated heterocycles. The summed E-state index contributed by atoms with van der Waals surface area (Å²) in [6, 6.07) is 6.79. The standard InChI is InChI=1S/C14H12N6O4S/c1-24-20(23)10-5-8(11-2-3-15-17-11)4-9(6-10)13-16-14(19-18-13)25-7-12(21)22/h2-6H,7H2,1H3,(H2-,15,16,17,18,19,21,22)/p+1. The number of nitrogens with one attached hydrogen (secondary N) is 2. The van der Waals surface area contributed by atoms with E-state index in [0.717, 1.165) is 11.8 Å². The van der Waals surface area contributed by atoms with E-state index < -0.39 is 5.97 Å². The highest BCUT2D eigenvalue weighted by Crippen LogP contribution is 2.29. The quantitative estimate of drug-likeness (QED) is 0.429. The normalized spacial score (nSPS) is 10.6. The van der Waals surface area contributed by atoms with E-state index in [0.29, 0.717) is 32.7 Å². The van der Waals surface area contributed by atoms with Crippen LogP contribution >= 0.6 is 11.8 Å². The van der Waals surface area contributed by atoms with Crippen molar-refractivity contribution in [1.82, 2.24) is 25.4 Å². The molecular formula is C14H13N6O4S+. The SMILES string of the molecule is CO[N+](=O)c1cc(-c2ccn[nH]2)cc(-c2nc(SCC(=O)O)n[nH]2)c1. The zero-order chi connectivity index (χ0) is 17.8.